The Labute approximate surface area is 118 Å². The SMILES string of the molecule is C=C[C@H]1[C@@H](CC)OC(=O)N1S(=O)(=O)c1ccc(C)cc1. The monoisotopic (exact) mass is 295 g/mol. The second kappa shape index (κ2) is 5.28. The molecule has 1 aromatic carbocycles. The van der Waals surface area contributed by atoms with Crippen molar-refractivity contribution in [2.75, 3.05) is 0 Å². The zero-order chi connectivity index (χ0) is 14.9. The van der Waals surface area contributed by atoms with Crippen LogP contribution in [0.25, 0.3) is 0 Å². The van der Waals surface area contributed by atoms with Crippen LogP contribution in [0.5, 0.6) is 0 Å². The quantitative estimate of drug-likeness (QED) is 0.800. The summed E-state index contributed by atoms with van der Waals surface area (Å²) in [6.07, 6.45) is 0.634. The van der Waals surface area contributed by atoms with E-state index in [1.807, 2.05) is 13.8 Å². The van der Waals surface area contributed by atoms with Crippen LogP contribution in [0, 0.1) is 6.92 Å². The van der Waals surface area contributed by atoms with Gasteiger partial charge in [0.05, 0.1) is 4.90 Å². The van der Waals surface area contributed by atoms with Gasteiger partial charge in [0, 0.05) is 0 Å². The number of benzene rings is 1. The van der Waals surface area contributed by atoms with Crippen molar-refractivity contribution in [3.8, 4) is 0 Å². The summed E-state index contributed by atoms with van der Waals surface area (Å²) in [5.41, 5.74) is 0.944. The maximum Gasteiger partial charge on any atom is 0.424 e. The molecule has 108 valence electrons. The maximum absolute atomic E-state index is 12.6. The van der Waals surface area contributed by atoms with E-state index in [9.17, 15) is 13.2 Å². The molecule has 0 saturated carbocycles. The molecule has 20 heavy (non-hydrogen) atoms. The fraction of sp³-hybridized carbons (Fsp3) is 0.357. The molecule has 1 fully saturated rings. The van der Waals surface area contributed by atoms with Crippen molar-refractivity contribution >= 4 is 16.1 Å². The van der Waals surface area contributed by atoms with Crippen molar-refractivity contribution in [3.63, 3.8) is 0 Å². The summed E-state index contributed by atoms with van der Waals surface area (Å²) in [6, 6.07) is 5.68. The van der Waals surface area contributed by atoms with Crippen LogP contribution in [-0.4, -0.2) is 31.0 Å². The molecule has 1 amide bonds. The first-order valence-corrected chi connectivity index (χ1v) is 7.80. The third-order valence-corrected chi connectivity index (χ3v) is 5.08. The molecule has 1 heterocycles. The molecule has 1 aliphatic heterocycles. The van der Waals surface area contributed by atoms with Gasteiger partial charge in [-0.1, -0.05) is 30.7 Å². The predicted molar refractivity (Wildman–Crippen MR) is 74.7 cm³/mol. The molecule has 0 radical (unpaired) electrons. The van der Waals surface area contributed by atoms with Gasteiger partial charge in [-0.3, -0.25) is 0 Å². The van der Waals surface area contributed by atoms with Crippen molar-refractivity contribution in [1.82, 2.24) is 4.31 Å². The number of sulfonamides is 1. The van der Waals surface area contributed by atoms with E-state index in [2.05, 4.69) is 6.58 Å². The number of hydrogen-bond donors (Lipinski definition) is 0. The Morgan fingerprint density at radius 3 is 2.45 bits per heavy atom. The molecule has 0 aromatic heterocycles. The van der Waals surface area contributed by atoms with E-state index in [4.69, 9.17) is 4.74 Å². The number of hydrogen-bond acceptors (Lipinski definition) is 4. The summed E-state index contributed by atoms with van der Waals surface area (Å²) in [5.74, 6) is 0. The Hall–Kier alpha value is -1.82. The van der Waals surface area contributed by atoms with Crippen molar-refractivity contribution in [1.29, 1.82) is 0 Å². The van der Waals surface area contributed by atoms with Gasteiger partial charge in [-0.15, -0.1) is 6.58 Å². The van der Waals surface area contributed by atoms with Gasteiger partial charge in [0.1, 0.15) is 12.1 Å². The van der Waals surface area contributed by atoms with Crippen LogP contribution in [0.2, 0.25) is 0 Å². The minimum atomic E-state index is -3.92. The maximum atomic E-state index is 12.6. The third kappa shape index (κ3) is 2.31. The van der Waals surface area contributed by atoms with Crippen molar-refractivity contribution in [2.45, 2.75) is 37.3 Å². The molecular formula is C14H17NO4S. The Balaban J connectivity index is 2.45. The first-order chi connectivity index (χ1) is 9.41. The fourth-order valence-electron chi connectivity index (χ4n) is 2.18. The molecule has 0 N–H and O–H groups in total. The summed E-state index contributed by atoms with van der Waals surface area (Å²) in [7, 11) is -3.92. The summed E-state index contributed by atoms with van der Waals surface area (Å²) in [6.45, 7) is 7.30. The predicted octanol–water partition coefficient (Wildman–Crippen LogP) is 2.47. The lowest BCUT2D eigenvalue weighted by molar-refractivity contribution is 0.132. The molecule has 1 aliphatic rings. The Morgan fingerprint density at radius 2 is 1.95 bits per heavy atom. The molecule has 1 aromatic rings. The summed E-state index contributed by atoms with van der Waals surface area (Å²) >= 11 is 0. The number of rotatable bonds is 4. The van der Waals surface area contributed by atoms with Crippen LogP contribution in [0.15, 0.2) is 41.8 Å². The number of ether oxygens (including phenoxy) is 1. The molecule has 0 bridgehead atoms. The Bertz CT molecular complexity index is 621. The second-order valence-corrected chi connectivity index (χ2v) is 6.49. The number of cyclic esters (lactones) is 1. The van der Waals surface area contributed by atoms with Crippen LogP contribution in [0.3, 0.4) is 0 Å². The van der Waals surface area contributed by atoms with Gasteiger partial charge in [-0.2, -0.15) is 4.31 Å². The van der Waals surface area contributed by atoms with Crippen LogP contribution >= 0.6 is 0 Å². The van der Waals surface area contributed by atoms with Gasteiger partial charge in [-0.05, 0) is 25.5 Å². The van der Waals surface area contributed by atoms with Gasteiger partial charge < -0.3 is 4.74 Å². The normalized spacial score (nSPS) is 22.7. The molecule has 2 atom stereocenters. The summed E-state index contributed by atoms with van der Waals surface area (Å²) in [4.78, 5) is 11.9. The standard InChI is InChI=1S/C14H17NO4S/c1-4-12-13(5-2)19-14(16)15(12)20(17,18)11-8-6-10(3)7-9-11/h4,6-9,12-13H,1,5H2,2-3H3/t12-,13+/m0/s1. The van der Waals surface area contributed by atoms with E-state index < -0.39 is 28.3 Å². The zero-order valence-corrected chi connectivity index (χ0v) is 12.3. The molecule has 0 spiro atoms. The van der Waals surface area contributed by atoms with E-state index in [0.29, 0.717) is 6.42 Å². The molecule has 6 heteroatoms. The first-order valence-electron chi connectivity index (χ1n) is 6.36. The number of carbonyl (C=O) groups excluding carboxylic acids is 1. The Morgan fingerprint density at radius 1 is 1.35 bits per heavy atom. The average Bonchev–Trinajstić information content (AvgIpc) is 2.75. The van der Waals surface area contributed by atoms with Crippen LogP contribution in [-0.2, 0) is 14.8 Å². The molecule has 1 saturated heterocycles. The molecule has 5 nitrogen and oxygen atoms in total. The topological polar surface area (TPSA) is 63.7 Å². The van der Waals surface area contributed by atoms with Gasteiger partial charge in [0.25, 0.3) is 10.0 Å². The highest BCUT2D eigenvalue weighted by Gasteiger charge is 2.46. The van der Waals surface area contributed by atoms with Gasteiger partial charge in [0.2, 0.25) is 0 Å². The largest absolute Gasteiger partial charge is 0.443 e. The highest BCUT2D eigenvalue weighted by Crippen LogP contribution is 2.29. The van der Waals surface area contributed by atoms with E-state index in [1.165, 1.54) is 18.2 Å². The molecule has 0 aliphatic carbocycles. The lowest BCUT2D eigenvalue weighted by atomic mass is 10.1. The number of carbonyl (C=O) groups is 1. The molecule has 2 rings (SSSR count). The zero-order valence-electron chi connectivity index (χ0n) is 11.4. The first kappa shape index (κ1) is 14.6. The molecule has 0 unspecified atom stereocenters. The Kier molecular flexibility index (Phi) is 3.85. The fourth-order valence-corrected chi connectivity index (χ4v) is 3.67. The van der Waals surface area contributed by atoms with Crippen LogP contribution in [0.4, 0.5) is 4.79 Å². The lowest BCUT2D eigenvalue weighted by Crippen LogP contribution is -2.39. The number of aryl methyl sites for hydroxylation is 1. The highest BCUT2D eigenvalue weighted by molar-refractivity contribution is 7.89. The summed E-state index contributed by atoms with van der Waals surface area (Å²) < 4.78 is 31.0. The van der Waals surface area contributed by atoms with Crippen molar-refractivity contribution < 1.29 is 17.9 Å². The second-order valence-electron chi connectivity index (χ2n) is 4.67. The highest BCUT2D eigenvalue weighted by atomic mass is 32.2. The van der Waals surface area contributed by atoms with Crippen molar-refractivity contribution in [3.05, 3.63) is 42.5 Å². The minimum absolute atomic E-state index is 0.0728. The van der Waals surface area contributed by atoms with E-state index in [0.717, 1.165) is 9.87 Å². The smallest absolute Gasteiger partial charge is 0.424 e. The van der Waals surface area contributed by atoms with E-state index >= 15 is 0 Å². The van der Waals surface area contributed by atoms with Crippen LogP contribution < -0.4 is 0 Å². The van der Waals surface area contributed by atoms with Crippen molar-refractivity contribution in [2.24, 2.45) is 0 Å². The number of nitrogens with zero attached hydrogens (tertiary/aromatic N) is 1. The summed E-state index contributed by atoms with van der Waals surface area (Å²) in [5, 5.41) is 0. The third-order valence-electron chi connectivity index (χ3n) is 3.31. The van der Waals surface area contributed by atoms with Gasteiger partial charge in [0.15, 0.2) is 0 Å². The van der Waals surface area contributed by atoms with E-state index in [-0.39, 0.29) is 4.90 Å². The number of amides is 1. The lowest BCUT2D eigenvalue weighted by Gasteiger charge is -2.20. The molecular weight excluding hydrogens is 278 g/mol. The van der Waals surface area contributed by atoms with Crippen LogP contribution in [0.1, 0.15) is 18.9 Å². The van der Waals surface area contributed by atoms with Gasteiger partial charge in [-0.25, -0.2) is 13.2 Å². The van der Waals surface area contributed by atoms with Gasteiger partial charge >= 0.3 is 6.09 Å². The van der Waals surface area contributed by atoms with E-state index in [1.54, 1.807) is 12.1 Å². The minimum Gasteiger partial charge on any atom is -0.443 e. The average molecular weight is 295 g/mol.